The number of nitrogens with zero attached hydrogens (tertiary/aromatic N) is 5. The number of hydrogen-bond donors (Lipinski definition) is 0. The molecule has 0 spiro atoms. The van der Waals surface area contributed by atoms with Crippen LogP contribution in [0.25, 0.3) is 0 Å². The van der Waals surface area contributed by atoms with E-state index in [0.717, 1.165) is 11.4 Å². The molecule has 0 aliphatic carbocycles. The van der Waals surface area contributed by atoms with Gasteiger partial charge >= 0.3 is 6.01 Å². The molecule has 0 bridgehead atoms. The lowest BCUT2D eigenvalue weighted by atomic mass is 10.3. The first-order valence-electron chi connectivity index (χ1n) is 6.63. The van der Waals surface area contributed by atoms with Crippen LogP contribution in [-0.2, 0) is 0 Å². The molecule has 0 amide bonds. The predicted octanol–water partition coefficient (Wildman–Crippen LogP) is 2.06. The van der Waals surface area contributed by atoms with Crippen LogP contribution in [0.15, 0.2) is 12.3 Å². The second-order valence-electron chi connectivity index (χ2n) is 4.45. The van der Waals surface area contributed by atoms with E-state index in [1.165, 1.54) is 7.11 Å². The number of aromatic nitrogens is 4. The minimum absolute atomic E-state index is 0.257. The van der Waals surface area contributed by atoms with Crippen LogP contribution in [0.2, 0.25) is 0 Å². The quantitative estimate of drug-likeness (QED) is 0.834. The normalized spacial score (nSPS) is 10.3. The zero-order valence-electron chi connectivity index (χ0n) is 12.9. The summed E-state index contributed by atoms with van der Waals surface area (Å²) in [5.41, 5.74) is 2.51. The van der Waals surface area contributed by atoms with Gasteiger partial charge in [0.15, 0.2) is 0 Å². The molecule has 2 aromatic rings. The summed E-state index contributed by atoms with van der Waals surface area (Å²) in [6.07, 6.45) is 1.65. The smallest absolute Gasteiger partial charge is 0.319 e. The minimum atomic E-state index is 0.257. The first kappa shape index (κ1) is 15.0. The van der Waals surface area contributed by atoms with E-state index in [2.05, 4.69) is 19.9 Å². The number of methoxy groups -OCH3 is 2. The van der Waals surface area contributed by atoms with Crippen LogP contribution < -0.4 is 14.4 Å². The van der Waals surface area contributed by atoms with Gasteiger partial charge < -0.3 is 14.4 Å². The van der Waals surface area contributed by atoms with Crippen LogP contribution in [0.1, 0.15) is 18.3 Å². The van der Waals surface area contributed by atoms with Crippen LogP contribution in [0.3, 0.4) is 0 Å². The summed E-state index contributed by atoms with van der Waals surface area (Å²) in [6, 6.07) is 2.19. The molecule has 0 aromatic carbocycles. The number of hydrogen-bond acceptors (Lipinski definition) is 7. The van der Waals surface area contributed by atoms with E-state index < -0.39 is 0 Å². The highest BCUT2D eigenvalue weighted by Gasteiger charge is 2.18. The van der Waals surface area contributed by atoms with Gasteiger partial charge in [0.1, 0.15) is 5.69 Å². The van der Waals surface area contributed by atoms with Crippen LogP contribution in [0.5, 0.6) is 11.9 Å². The average Bonchev–Trinajstić information content (AvgIpc) is 2.47. The zero-order valence-corrected chi connectivity index (χ0v) is 12.9. The Balaban J connectivity index is 2.50. The van der Waals surface area contributed by atoms with Gasteiger partial charge in [0, 0.05) is 17.9 Å². The Kier molecular flexibility index (Phi) is 4.52. The maximum absolute atomic E-state index is 5.32. The van der Waals surface area contributed by atoms with Crippen molar-refractivity contribution in [1.82, 2.24) is 19.9 Å². The van der Waals surface area contributed by atoms with E-state index >= 15 is 0 Å². The van der Waals surface area contributed by atoms with Crippen molar-refractivity contribution in [2.45, 2.75) is 20.8 Å². The van der Waals surface area contributed by atoms with E-state index in [1.807, 2.05) is 31.7 Å². The third-order valence-corrected chi connectivity index (χ3v) is 2.91. The molecule has 112 valence electrons. The first-order chi connectivity index (χ1) is 10.1. The van der Waals surface area contributed by atoms with Gasteiger partial charge in [0.25, 0.3) is 0 Å². The SMILES string of the molecule is CCN(c1nc(C)cc(C)n1)c1cnc(OC)nc1OC. The van der Waals surface area contributed by atoms with E-state index in [9.17, 15) is 0 Å². The van der Waals surface area contributed by atoms with E-state index in [-0.39, 0.29) is 6.01 Å². The highest BCUT2D eigenvalue weighted by Crippen LogP contribution is 2.30. The van der Waals surface area contributed by atoms with Gasteiger partial charge in [-0.1, -0.05) is 0 Å². The molecule has 0 radical (unpaired) electrons. The Labute approximate surface area is 124 Å². The van der Waals surface area contributed by atoms with Crippen molar-refractivity contribution in [1.29, 1.82) is 0 Å². The van der Waals surface area contributed by atoms with Crippen LogP contribution in [0, 0.1) is 13.8 Å². The van der Waals surface area contributed by atoms with Gasteiger partial charge in [-0.25, -0.2) is 15.0 Å². The topological polar surface area (TPSA) is 73.3 Å². The van der Waals surface area contributed by atoms with Gasteiger partial charge in [0.05, 0.1) is 20.4 Å². The molecule has 7 heteroatoms. The second-order valence-corrected chi connectivity index (χ2v) is 4.45. The Morgan fingerprint density at radius 1 is 1.05 bits per heavy atom. The number of rotatable bonds is 5. The second kappa shape index (κ2) is 6.34. The minimum Gasteiger partial charge on any atom is -0.479 e. The van der Waals surface area contributed by atoms with Gasteiger partial charge in [0.2, 0.25) is 11.8 Å². The Morgan fingerprint density at radius 2 is 1.71 bits per heavy atom. The summed E-state index contributed by atoms with van der Waals surface area (Å²) >= 11 is 0. The van der Waals surface area contributed by atoms with Gasteiger partial charge in [-0.2, -0.15) is 4.98 Å². The number of anilines is 2. The van der Waals surface area contributed by atoms with E-state index in [1.54, 1.807) is 13.3 Å². The fourth-order valence-electron chi connectivity index (χ4n) is 2.03. The summed E-state index contributed by atoms with van der Waals surface area (Å²) in [7, 11) is 3.07. The Hall–Kier alpha value is -2.44. The molecule has 0 saturated carbocycles. The van der Waals surface area contributed by atoms with Crippen molar-refractivity contribution >= 4 is 11.6 Å². The van der Waals surface area contributed by atoms with Crippen LogP contribution >= 0.6 is 0 Å². The highest BCUT2D eigenvalue weighted by molar-refractivity contribution is 5.62. The summed E-state index contributed by atoms with van der Waals surface area (Å²) in [6.45, 7) is 6.54. The largest absolute Gasteiger partial charge is 0.479 e. The molecule has 2 aromatic heterocycles. The summed E-state index contributed by atoms with van der Waals surface area (Å²) < 4.78 is 10.3. The number of aryl methyl sites for hydroxylation is 2. The van der Waals surface area contributed by atoms with Gasteiger partial charge in [-0.3, -0.25) is 0 Å². The molecule has 0 atom stereocenters. The van der Waals surface area contributed by atoms with Crippen molar-refractivity contribution in [3.8, 4) is 11.9 Å². The Morgan fingerprint density at radius 3 is 2.24 bits per heavy atom. The fourth-order valence-corrected chi connectivity index (χ4v) is 2.03. The molecular formula is C14H19N5O2. The maximum atomic E-state index is 5.32. The average molecular weight is 289 g/mol. The van der Waals surface area contributed by atoms with Gasteiger partial charge in [-0.15, -0.1) is 0 Å². The predicted molar refractivity (Wildman–Crippen MR) is 79.3 cm³/mol. The maximum Gasteiger partial charge on any atom is 0.319 e. The van der Waals surface area contributed by atoms with Crippen molar-refractivity contribution < 1.29 is 9.47 Å². The molecule has 0 saturated heterocycles. The third kappa shape index (κ3) is 3.18. The standard InChI is InChI=1S/C14H19N5O2/c1-6-19(13-16-9(2)7-10(3)17-13)11-8-15-14(21-5)18-12(11)20-4/h7-8H,6H2,1-5H3. The molecule has 0 fully saturated rings. The summed E-state index contributed by atoms with van der Waals surface area (Å²) in [4.78, 5) is 19.2. The van der Waals surface area contributed by atoms with E-state index in [4.69, 9.17) is 9.47 Å². The zero-order chi connectivity index (χ0) is 15.4. The molecule has 2 heterocycles. The van der Waals surface area contributed by atoms with Crippen molar-refractivity contribution in [3.63, 3.8) is 0 Å². The van der Waals surface area contributed by atoms with E-state index in [0.29, 0.717) is 24.1 Å². The summed E-state index contributed by atoms with van der Waals surface area (Å²) in [5, 5.41) is 0. The van der Waals surface area contributed by atoms with Crippen molar-refractivity contribution in [2.75, 3.05) is 25.7 Å². The summed E-state index contributed by atoms with van der Waals surface area (Å²) in [5.74, 6) is 1.02. The molecule has 0 N–H and O–H groups in total. The molecule has 0 aliphatic rings. The molecule has 7 nitrogen and oxygen atoms in total. The number of ether oxygens (including phenoxy) is 2. The van der Waals surface area contributed by atoms with Crippen LogP contribution in [-0.4, -0.2) is 40.7 Å². The van der Waals surface area contributed by atoms with Crippen molar-refractivity contribution in [3.05, 3.63) is 23.7 Å². The highest BCUT2D eigenvalue weighted by atomic mass is 16.5. The molecular weight excluding hydrogens is 270 g/mol. The van der Waals surface area contributed by atoms with Crippen LogP contribution in [0.4, 0.5) is 11.6 Å². The van der Waals surface area contributed by atoms with Crippen molar-refractivity contribution in [2.24, 2.45) is 0 Å². The third-order valence-electron chi connectivity index (χ3n) is 2.91. The molecule has 0 unspecified atom stereocenters. The molecule has 0 aliphatic heterocycles. The first-order valence-corrected chi connectivity index (χ1v) is 6.63. The molecule has 21 heavy (non-hydrogen) atoms. The van der Waals surface area contributed by atoms with Gasteiger partial charge in [-0.05, 0) is 26.8 Å². The molecule has 2 rings (SSSR count). The lowest BCUT2D eigenvalue weighted by Crippen LogP contribution is -2.21. The fraction of sp³-hybridized carbons (Fsp3) is 0.429. The lowest BCUT2D eigenvalue weighted by molar-refractivity contribution is 0.352. The lowest BCUT2D eigenvalue weighted by Gasteiger charge is -2.22. The Bertz CT molecular complexity index is 613. The monoisotopic (exact) mass is 289 g/mol.